The van der Waals surface area contributed by atoms with E-state index in [0.717, 1.165) is 32.2 Å². The van der Waals surface area contributed by atoms with Gasteiger partial charge in [0.25, 0.3) is 0 Å². The summed E-state index contributed by atoms with van der Waals surface area (Å²) in [6.07, 6.45) is 5.25. The molecule has 3 rings (SSSR count). The third-order valence-electron chi connectivity index (χ3n) is 5.49. The molecule has 1 atom stereocenters. The number of amides is 2. The van der Waals surface area contributed by atoms with Crippen LogP contribution in [0.2, 0.25) is 0 Å². The maximum Gasteiger partial charge on any atom is 0.337 e. The van der Waals surface area contributed by atoms with Crippen molar-refractivity contribution in [3.8, 4) is 0 Å². The number of carbonyl (C=O) groups is 3. The van der Waals surface area contributed by atoms with E-state index in [-0.39, 0.29) is 17.9 Å². The number of esters is 1. The highest BCUT2D eigenvalue weighted by molar-refractivity contribution is 6.13. The SMILES string of the molecule is CCC1CCCCN1C(=O)C1(C(=O)Nc2cccc(C(=O)OC)c2)CC1. The van der Waals surface area contributed by atoms with Crippen LogP contribution in [0.3, 0.4) is 0 Å². The first-order chi connectivity index (χ1) is 12.5. The summed E-state index contributed by atoms with van der Waals surface area (Å²) >= 11 is 0. The van der Waals surface area contributed by atoms with E-state index in [1.807, 2.05) is 4.90 Å². The van der Waals surface area contributed by atoms with Crippen LogP contribution in [0.4, 0.5) is 5.69 Å². The third kappa shape index (κ3) is 3.45. The number of nitrogens with one attached hydrogen (secondary N) is 1. The summed E-state index contributed by atoms with van der Waals surface area (Å²) < 4.78 is 4.71. The van der Waals surface area contributed by atoms with Gasteiger partial charge in [-0.15, -0.1) is 0 Å². The summed E-state index contributed by atoms with van der Waals surface area (Å²) in [4.78, 5) is 39.5. The minimum Gasteiger partial charge on any atom is -0.465 e. The Labute approximate surface area is 153 Å². The molecule has 6 nitrogen and oxygen atoms in total. The van der Waals surface area contributed by atoms with Gasteiger partial charge in [0, 0.05) is 18.3 Å². The quantitative estimate of drug-likeness (QED) is 0.648. The molecule has 2 aliphatic rings. The van der Waals surface area contributed by atoms with Gasteiger partial charge in [-0.1, -0.05) is 13.0 Å². The van der Waals surface area contributed by atoms with Gasteiger partial charge in [0.2, 0.25) is 11.8 Å². The highest BCUT2D eigenvalue weighted by atomic mass is 16.5. The number of hydrogen-bond donors (Lipinski definition) is 1. The normalized spacial score (nSPS) is 21.0. The number of anilines is 1. The molecular formula is C20H26N2O4. The average Bonchev–Trinajstić information content (AvgIpc) is 3.49. The number of methoxy groups -OCH3 is 1. The van der Waals surface area contributed by atoms with Crippen molar-refractivity contribution < 1.29 is 19.1 Å². The van der Waals surface area contributed by atoms with E-state index in [2.05, 4.69) is 12.2 Å². The lowest BCUT2D eigenvalue weighted by Gasteiger charge is -2.37. The van der Waals surface area contributed by atoms with E-state index in [9.17, 15) is 14.4 Å². The molecule has 1 N–H and O–H groups in total. The first kappa shape index (κ1) is 18.4. The van der Waals surface area contributed by atoms with E-state index in [1.165, 1.54) is 7.11 Å². The summed E-state index contributed by atoms with van der Waals surface area (Å²) in [6, 6.07) is 6.82. The number of rotatable bonds is 5. The van der Waals surface area contributed by atoms with E-state index in [0.29, 0.717) is 24.1 Å². The molecule has 1 aromatic rings. The standard InChI is InChI=1S/C20H26N2O4/c1-3-16-9-4-5-12-22(16)19(25)20(10-11-20)18(24)21-15-8-6-7-14(13-15)17(23)26-2/h6-8,13,16H,3-5,9-12H2,1-2H3,(H,21,24). The van der Waals surface area contributed by atoms with Gasteiger partial charge in [0.15, 0.2) is 0 Å². The zero-order chi connectivity index (χ0) is 18.7. The fourth-order valence-electron chi connectivity index (χ4n) is 3.72. The van der Waals surface area contributed by atoms with E-state index in [4.69, 9.17) is 4.74 Å². The maximum atomic E-state index is 13.1. The van der Waals surface area contributed by atoms with Crippen molar-refractivity contribution in [3.63, 3.8) is 0 Å². The van der Waals surface area contributed by atoms with Gasteiger partial charge >= 0.3 is 5.97 Å². The Morgan fingerprint density at radius 1 is 1.27 bits per heavy atom. The van der Waals surface area contributed by atoms with Crippen LogP contribution in [-0.2, 0) is 14.3 Å². The van der Waals surface area contributed by atoms with Crippen molar-refractivity contribution in [1.29, 1.82) is 0 Å². The first-order valence-electron chi connectivity index (χ1n) is 9.32. The van der Waals surface area contributed by atoms with Crippen LogP contribution in [0.5, 0.6) is 0 Å². The number of benzene rings is 1. The lowest BCUT2D eigenvalue weighted by atomic mass is 9.95. The molecule has 1 heterocycles. The second kappa shape index (κ2) is 7.48. The number of carbonyl (C=O) groups excluding carboxylic acids is 3. The van der Waals surface area contributed by atoms with Crippen molar-refractivity contribution >= 4 is 23.5 Å². The summed E-state index contributed by atoms with van der Waals surface area (Å²) in [6.45, 7) is 2.83. The zero-order valence-electron chi connectivity index (χ0n) is 15.4. The molecule has 26 heavy (non-hydrogen) atoms. The molecule has 0 aromatic heterocycles. The summed E-state index contributed by atoms with van der Waals surface area (Å²) in [5, 5.41) is 2.82. The van der Waals surface area contributed by atoms with Crippen molar-refractivity contribution in [2.24, 2.45) is 5.41 Å². The van der Waals surface area contributed by atoms with Crippen LogP contribution < -0.4 is 5.32 Å². The summed E-state index contributed by atoms with van der Waals surface area (Å²) in [5.74, 6) is -0.770. The Morgan fingerprint density at radius 2 is 2.04 bits per heavy atom. The van der Waals surface area contributed by atoms with Gasteiger partial charge in [0.05, 0.1) is 12.7 Å². The topological polar surface area (TPSA) is 75.7 Å². The largest absolute Gasteiger partial charge is 0.465 e. The van der Waals surface area contributed by atoms with Crippen LogP contribution in [0.15, 0.2) is 24.3 Å². The predicted molar refractivity (Wildman–Crippen MR) is 97.7 cm³/mol. The second-order valence-electron chi connectivity index (χ2n) is 7.17. The Balaban J connectivity index is 1.73. The van der Waals surface area contributed by atoms with Gasteiger partial charge in [-0.2, -0.15) is 0 Å². The minimum absolute atomic E-state index is 0.0364. The Kier molecular flexibility index (Phi) is 5.30. The molecule has 1 aromatic carbocycles. The molecule has 0 spiro atoms. The highest BCUT2D eigenvalue weighted by Gasteiger charge is 2.58. The molecule has 0 bridgehead atoms. The van der Waals surface area contributed by atoms with Gasteiger partial charge < -0.3 is 15.0 Å². The van der Waals surface area contributed by atoms with E-state index in [1.54, 1.807) is 24.3 Å². The molecule has 0 radical (unpaired) electrons. The molecule has 1 saturated carbocycles. The van der Waals surface area contributed by atoms with Crippen LogP contribution >= 0.6 is 0 Å². The van der Waals surface area contributed by atoms with E-state index < -0.39 is 11.4 Å². The monoisotopic (exact) mass is 358 g/mol. The predicted octanol–water partition coefficient (Wildman–Crippen LogP) is 2.98. The zero-order valence-corrected chi connectivity index (χ0v) is 15.4. The third-order valence-corrected chi connectivity index (χ3v) is 5.49. The number of hydrogen-bond acceptors (Lipinski definition) is 4. The number of nitrogens with zero attached hydrogens (tertiary/aromatic N) is 1. The van der Waals surface area contributed by atoms with Crippen molar-refractivity contribution in [2.45, 2.75) is 51.5 Å². The molecular weight excluding hydrogens is 332 g/mol. The van der Waals surface area contributed by atoms with E-state index >= 15 is 0 Å². The fourth-order valence-corrected chi connectivity index (χ4v) is 3.72. The molecule has 6 heteroatoms. The summed E-state index contributed by atoms with van der Waals surface area (Å²) in [5.41, 5.74) is -0.0716. The number of likely N-dealkylation sites (tertiary alicyclic amines) is 1. The van der Waals surface area contributed by atoms with Crippen molar-refractivity contribution in [3.05, 3.63) is 29.8 Å². The van der Waals surface area contributed by atoms with Crippen LogP contribution in [-0.4, -0.2) is 42.4 Å². The van der Waals surface area contributed by atoms with Crippen LogP contribution in [0.1, 0.15) is 55.8 Å². The molecule has 140 valence electrons. The lowest BCUT2D eigenvalue weighted by molar-refractivity contribution is -0.145. The smallest absolute Gasteiger partial charge is 0.337 e. The van der Waals surface area contributed by atoms with Gasteiger partial charge in [0.1, 0.15) is 5.41 Å². The maximum absolute atomic E-state index is 13.1. The Morgan fingerprint density at radius 3 is 2.69 bits per heavy atom. The average molecular weight is 358 g/mol. The van der Waals surface area contributed by atoms with Crippen LogP contribution in [0, 0.1) is 5.41 Å². The minimum atomic E-state index is -0.938. The second-order valence-corrected chi connectivity index (χ2v) is 7.17. The number of piperidine rings is 1. The number of ether oxygens (including phenoxy) is 1. The Bertz CT molecular complexity index is 712. The van der Waals surface area contributed by atoms with Crippen LogP contribution in [0.25, 0.3) is 0 Å². The molecule has 1 saturated heterocycles. The fraction of sp³-hybridized carbons (Fsp3) is 0.550. The first-order valence-corrected chi connectivity index (χ1v) is 9.32. The molecule has 2 fully saturated rings. The molecule has 1 aliphatic carbocycles. The molecule has 1 aliphatic heterocycles. The molecule has 2 amide bonds. The highest BCUT2D eigenvalue weighted by Crippen LogP contribution is 2.49. The Hall–Kier alpha value is -2.37. The lowest BCUT2D eigenvalue weighted by Crippen LogP contribution is -2.49. The molecule has 1 unspecified atom stereocenters. The van der Waals surface area contributed by atoms with Gasteiger partial charge in [-0.25, -0.2) is 4.79 Å². The van der Waals surface area contributed by atoms with Crippen molar-refractivity contribution in [2.75, 3.05) is 19.0 Å². The van der Waals surface area contributed by atoms with Crippen molar-refractivity contribution in [1.82, 2.24) is 4.90 Å². The summed E-state index contributed by atoms with van der Waals surface area (Å²) in [7, 11) is 1.31. The van der Waals surface area contributed by atoms with Gasteiger partial charge in [-0.05, 0) is 56.7 Å². The van der Waals surface area contributed by atoms with Gasteiger partial charge in [-0.3, -0.25) is 9.59 Å².